The van der Waals surface area contributed by atoms with Gasteiger partial charge in [0.15, 0.2) is 0 Å². The molecule has 0 atom stereocenters. The fraction of sp³-hybridized carbons (Fsp3) is 0.100. The second-order valence-electron chi connectivity index (χ2n) is 5.77. The Bertz CT molecular complexity index is 947. The van der Waals surface area contributed by atoms with Gasteiger partial charge in [-0.05, 0) is 36.8 Å². The summed E-state index contributed by atoms with van der Waals surface area (Å²) < 4.78 is 4.76. The van der Waals surface area contributed by atoms with Gasteiger partial charge in [-0.3, -0.25) is 9.78 Å². The normalized spacial score (nSPS) is 11.2. The van der Waals surface area contributed by atoms with E-state index < -0.39 is 0 Å². The molecule has 1 aromatic carbocycles. The molecule has 0 saturated heterocycles. The van der Waals surface area contributed by atoms with Crippen LogP contribution >= 0.6 is 0 Å². The van der Waals surface area contributed by atoms with Gasteiger partial charge in [0.05, 0.1) is 0 Å². The highest BCUT2D eigenvalue weighted by atomic mass is 16.5. The number of aromatic nitrogens is 3. The second kappa shape index (κ2) is 7.57. The van der Waals surface area contributed by atoms with E-state index in [4.69, 9.17) is 4.52 Å². The molecular formula is C20H18N4O2. The van der Waals surface area contributed by atoms with E-state index in [-0.39, 0.29) is 5.91 Å². The van der Waals surface area contributed by atoms with Crippen molar-refractivity contribution in [2.24, 2.45) is 0 Å². The van der Waals surface area contributed by atoms with Crippen molar-refractivity contribution in [3.8, 4) is 11.4 Å². The summed E-state index contributed by atoms with van der Waals surface area (Å²) in [5, 5.41) is 3.80. The van der Waals surface area contributed by atoms with Crippen molar-refractivity contribution in [2.75, 3.05) is 11.9 Å². The number of pyridine rings is 1. The van der Waals surface area contributed by atoms with E-state index in [1.54, 1.807) is 37.3 Å². The molecule has 0 saturated carbocycles. The van der Waals surface area contributed by atoms with Gasteiger partial charge in [-0.2, -0.15) is 4.98 Å². The minimum absolute atomic E-state index is 0.0976. The summed E-state index contributed by atoms with van der Waals surface area (Å²) in [6.45, 7) is 5.82. The number of carbonyl (C=O) groups excluding carboxylic acids is 1. The Morgan fingerprint density at radius 2 is 2.00 bits per heavy atom. The van der Waals surface area contributed by atoms with E-state index in [9.17, 15) is 4.79 Å². The number of hydrogen-bond acceptors (Lipinski definition) is 5. The Kier molecular flexibility index (Phi) is 5.03. The Balaban J connectivity index is 1.80. The molecule has 6 nitrogen and oxygen atoms in total. The number of nitrogens with zero attached hydrogens (tertiary/aromatic N) is 4. The van der Waals surface area contributed by atoms with Crippen LogP contribution in [0.25, 0.3) is 17.0 Å². The highest BCUT2D eigenvalue weighted by molar-refractivity contribution is 6.06. The molecule has 0 aliphatic rings. The minimum atomic E-state index is -0.0976. The zero-order chi connectivity index (χ0) is 18.5. The number of para-hydroxylation sites is 1. The Morgan fingerprint density at radius 1 is 1.23 bits per heavy atom. The van der Waals surface area contributed by atoms with Crippen LogP contribution in [0.2, 0.25) is 0 Å². The van der Waals surface area contributed by atoms with E-state index in [1.807, 2.05) is 36.4 Å². The summed E-state index contributed by atoms with van der Waals surface area (Å²) in [4.78, 5) is 22.4. The molecule has 0 fully saturated rings. The average molecular weight is 346 g/mol. The largest absolute Gasteiger partial charge is 0.342 e. The second-order valence-corrected chi connectivity index (χ2v) is 5.77. The van der Waals surface area contributed by atoms with Gasteiger partial charge in [0.2, 0.25) is 12.2 Å². The molecule has 0 N–H and O–H groups in total. The van der Waals surface area contributed by atoms with Crippen LogP contribution in [0.3, 0.4) is 0 Å². The quantitative estimate of drug-likeness (QED) is 0.520. The van der Waals surface area contributed by atoms with Crippen molar-refractivity contribution in [2.45, 2.75) is 6.92 Å². The molecule has 0 aliphatic heterocycles. The zero-order valence-electron chi connectivity index (χ0n) is 14.6. The number of carbonyl (C=O) groups is 1. The molecule has 0 spiro atoms. The third-order valence-corrected chi connectivity index (χ3v) is 3.90. The lowest BCUT2D eigenvalue weighted by molar-refractivity contribution is -0.114. The van der Waals surface area contributed by atoms with Gasteiger partial charge in [-0.1, -0.05) is 29.9 Å². The van der Waals surface area contributed by atoms with Crippen LogP contribution in [-0.4, -0.2) is 28.1 Å². The molecule has 0 aliphatic carbocycles. The predicted molar refractivity (Wildman–Crippen MR) is 100 cm³/mol. The molecule has 0 unspecified atom stereocenters. The van der Waals surface area contributed by atoms with E-state index in [1.165, 1.54) is 6.39 Å². The van der Waals surface area contributed by atoms with Gasteiger partial charge in [0, 0.05) is 41.8 Å². The molecule has 2 aromatic heterocycles. The maximum absolute atomic E-state index is 12.6. The van der Waals surface area contributed by atoms with Crippen molar-refractivity contribution in [3.63, 3.8) is 0 Å². The van der Waals surface area contributed by atoms with Gasteiger partial charge >= 0.3 is 0 Å². The van der Waals surface area contributed by atoms with Gasteiger partial charge in [-0.25, -0.2) is 0 Å². The summed E-state index contributed by atoms with van der Waals surface area (Å²) in [5.74, 6) is 0.354. The van der Waals surface area contributed by atoms with Gasteiger partial charge in [0.1, 0.15) is 0 Å². The SMILES string of the molecule is C=C(C=C(C)C(=O)N(C)c1ccccc1)c1cncc(-c2ncon2)c1. The fourth-order valence-electron chi connectivity index (χ4n) is 2.48. The van der Waals surface area contributed by atoms with Gasteiger partial charge in [-0.15, -0.1) is 0 Å². The van der Waals surface area contributed by atoms with E-state index in [0.29, 0.717) is 17.0 Å². The number of anilines is 1. The fourth-order valence-corrected chi connectivity index (χ4v) is 2.48. The third kappa shape index (κ3) is 3.75. The van der Waals surface area contributed by atoms with Crippen LogP contribution in [0.5, 0.6) is 0 Å². The Hall–Kier alpha value is -3.54. The summed E-state index contributed by atoms with van der Waals surface area (Å²) in [6, 6.07) is 11.3. The molecule has 0 radical (unpaired) electrons. The van der Waals surface area contributed by atoms with E-state index in [2.05, 4.69) is 21.7 Å². The molecule has 2 heterocycles. The molecular weight excluding hydrogens is 328 g/mol. The molecule has 6 heteroatoms. The number of rotatable bonds is 5. The lowest BCUT2D eigenvalue weighted by atomic mass is 10.0. The number of allylic oxidation sites excluding steroid dienone is 2. The first-order valence-corrected chi connectivity index (χ1v) is 7.98. The van der Waals surface area contributed by atoms with Crippen molar-refractivity contribution in [3.05, 3.63) is 79.0 Å². The number of likely N-dealkylation sites (N-methyl/N-ethyl adjacent to an activating group) is 1. The first-order chi connectivity index (χ1) is 12.6. The average Bonchev–Trinajstić information content (AvgIpc) is 3.22. The van der Waals surface area contributed by atoms with Crippen LogP contribution in [0.1, 0.15) is 12.5 Å². The predicted octanol–water partition coefficient (Wildman–Crippen LogP) is 3.75. The van der Waals surface area contributed by atoms with Crippen LogP contribution in [0, 0.1) is 0 Å². The first kappa shape index (κ1) is 17.3. The van der Waals surface area contributed by atoms with Gasteiger partial charge < -0.3 is 9.42 Å². The summed E-state index contributed by atoms with van der Waals surface area (Å²) in [5.41, 5.74) is 3.58. The highest BCUT2D eigenvalue weighted by Gasteiger charge is 2.13. The van der Waals surface area contributed by atoms with Crippen molar-refractivity contribution in [1.29, 1.82) is 0 Å². The molecule has 3 aromatic rings. The standard InChI is InChI=1S/C20H18N4O2/c1-14(16-10-17(12-21-11-16)19-22-13-26-23-19)9-15(2)20(25)24(3)18-7-5-4-6-8-18/h4-13H,1H2,2-3H3. The Labute approximate surface area is 151 Å². The molecule has 130 valence electrons. The maximum atomic E-state index is 12.6. The van der Waals surface area contributed by atoms with Crippen molar-refractivity contribution < 1.29 is 9.32 Å². The zero-order valence-corrected chi connectivity index (χ0v) is 14.6. The monoisotopic (exact) mass is 346 g/mol. The highest BCUT2D eigenvalue weighted by Crippen LogP contribution is 2.22. The Morgan fingerprint density at radius 3 is 2.69 bits per heavy atom. The van der Waals surface area contributed by atoms with Crippen LogP contribution in [-0.2, 0) is 4.79 Å². The molecule has 3 rings (SSSR count). The van der Waals surface area contributed by atoms with Crippen molar-refractivity contribution in [1.82, 2.24) is 15.1 Å². The minimum Gasteiger partial charge on any atom is -0.342 e. The topological polar surface area (TPSA) is 72.1 Å². The lowest BCUT2D eigenvalue weighted by Crippen LogP contribution is -2.26. The van der Waals surface area contributed by atoms with Crippen LogP contribution < -0.4 is 4.90 Å². The van der Waals surface area contributed by atoms with Gasteiger partial charge in [0.25, 0.3) is 5.91 Å². The van der Waals surface area contributed by atoms with Crippen LogP contribution in [0.15, 0.2) is 77.9 Å². The lowest BCUT2D eigenvalue weighted by Gasteiger charge is -2.17. The number of benzene rings is 1. The van der Waals surface area contributed by atoms with E-state index in [0.717, 1.165) is 16.8 Å². The molecule has 0 bridgehead atoms. The number of hydrogen-bond donors (Lipinski definition) is 0. The third-order valence-electron chi connectivity index (χ3n) is 3.90. The maximum Gasteiger partial charge on any atom is 0.253 e. The van der Waals surface area contributed by atoms with Crippen LogP contribution in [0.4, 0.5) is 5.69 Å². The first-order valence-electron chi connectivity index (χ1n) is 7.98. The summed E-state index contributed by atoms with van der Waals surface area (Å²) >= 11 is 0. The molecule has 26 heavy (non-hydrogen) atoms. The van der Waals surface area contributed by atoms with E-state index >= 15 is 0 Å². The van der Waals surface area contributed by atoms with Crippen molar-refractivity contribution >= 4 is 17.2 Å². The molecule has 1 amide bonds. The summed E-state index contributed by atoms with van der Waals surface area (Å²) in [7, 11) is 1.75. The smallest absolute Gasteiger partial charge is 0.253 e. The summed E-state index contributed by atoms with van der Waals surface area (Å²) in [6.07, 6.45) is 6.34. The number of amides is 1.